The van der Waals surface area contributed by atoms with E-state index in [0.29, 0.717) is 5.92 Å². The van der Waals surface area contributed by atoms with E-state index in [4.69, 9.17) is 9.47 Å². The first kappa shape index (κ1) is 23.8. The van der Waals surface area contributed by atoms with Crippen LogP contribution in [0.1, 0.15) is 43.7 Å². The summed E-state index contributed by atoms with van der Waals surface area (Å²) >= 11 is 0. The monoisotopic (exact) mass is 449 g/mol. The van der Waals surface area contributed by atoms with Crippen molar-refractivity contribution in [3.05, 3.63) is 69.3 Å². The van der Waals surface area contributed by atoms with Crippen molar-refractivity contribution < 1.29 is 19.2 Å². The van der Waals surface area contributed by atoms with E-state index in [0.717, 1.165) is 31.2 Å². The summed E-state index contributed by atoms with van der Waals surface area (Å²) in [4.78, 5) is 23.9. The van der Waals surface area contributed by atoms with Gasteiger partial charge < -0.3 is 14.8 Å². The maximum Gasteiger partial charge on any atom is 0.280 e. The average Bonchev–Trinajstić information content (AvgIpc) is 2.83. The van der Waals surface area contributed by atoms with Crippen LogP contribution in [0.25, 0.3) is 6.08 Å². The molecule has 3 rings (SSSR count). The summed E-state index contributed by atoms with van der Waals surface area (Å²) in [6.45, 7) is 2.28. The first-order valence-corrected chi connectivity index (χ1v) is 10.9. The number of nitro groups is 1. The van der Waals surface area contributed by atoms with Crippen LogP contribution in [0.4, 0.5) is 5.69 Å². The van der Waals surface area contributed by atoms with Gasteiger partial charge in [0, 0.05) is 6.04 Å². The Bertz CT molecular complexity index is 1080. The number of methoxy groups -OCH3 is 1. The molecule has 0 saturated heterocycles. The molecule has 1 N–H and O–H groups in total. The van der Waals surface area contributed by atoms with Gasteiger partial charge in [-0.15, -0.1) is 0 Å². The number of nitro benzene ring substituents is 1. The van der Waals surface area contributed by atoms with Gasteiger partial charge in [-0.25, -0.2) is 0 Å². The number of nitrogens with one attached hydrogen (secondary N) is 1. The van der Waals surface area contributed by atoms with Gasteiger partial charge in [0.15, 0.2) is 11.5 Å². The van der Waals surface area contributed by atoms with Gasteiger partial charge in [0.2, 0.25) is 0 Å². The standard InChI is InChI=1S/C25H27N3O5/c1-17-8-6-7-11-21(17)27-25(29)20(15-26)12-19-13-23(32-2)24(14-22(19)28(30)31)33-16-18-9-4-3-5-10-18/h3-5,9-10,12-14,17,21H,6-8,11,16H2,1-2H3,(H,27,29)/b20-12+/t17-,21-/m1/s1. The van der Waals surface area contributed by atoms with E-state index in [1.807, 2.05) is 36.4 Å². The highest BCUT2D eigenvalue weighted by Gasteiger charge is 2.25. The van der Waals surface area contributed by atoms with Crippen molar-refractivity contribution >= 4 is 17.7 Å². The summed E-state index contributed by atoms with van der Waals surface area (Å²) in [5.41, 5.74) is 0.500. The minimum Gasteiger partial charge on any atom is -0.493 e. The Morgan fingerprint density at radius 3 is 2.61 bits per heavy atom. The SMILES string of the molecule is COc1cc(/C=C(\C#N)C(=O)N[C@@H]2CCCC[C@H]2C)c([N+](=O)[O-])cc1OCc1ccccc1. The van der Waals surface area contributed by atoms with Crippen LogP contribution in [0.5, 0.6) is 11.5 Å². The molecule has 0 heterocycles. The highest BCUT2D eigenvalue weighted by Crippen LogP contribution is 2.36. The summed E-state index contributed by atoms with van der Waals surface area (Å²) < 4.78 is 11.1. The van der Waals surface area contributed by atoms with Crippen molar-refractivity contribution in [2.45, 2.75) is 45.3 Å². The fourth-order valence-corrected chi connectivity index (χ4v) is 3.93. The summed E-state index contributed by atoms with van der Waals surface area (Å²) in [6.07, 6.45) is 5.24. The number of rotatable bonds is 8. The molecule has 8 heteroatoms. The highest BCUT2D eigenvalue weighted by molar-refractivity contribution is 6.02. The highest BCUT2D eigenvalue weighted by atomic mass is 16.6. The van der Waals surface area contributed by atoms with Crippen molar-refractivity contribution in [2.24, 2.45) is 5.92 Å². The number of amides is 1. The number of nitrogens with zero attached hydrogens (tertiary/aromatic N) is 2. The predicted molar refractivity (Wildman–Crippen MR) is 124 cm³/mol. The largest absolute Gasteiger partial charge is 0.493 e. The van der Waals surface area contributed by atoms with Gasteiger partial charge in [0.05, 0.1) is 23.7 Å². The molecule has 8 nitrogen and oxygen atoms in total. The molecule has 1 aliphatic rings. The zero-order valence-electron chi connectivity index (χ0n) is 18.7. The molecule has 0 radical (unpaired) electrons. The Hall–Kier alpha value is -3.86. The zero-order valence-corrected chi connectivity index (χ0v) is 18.7. The van der Waals surface area contributed by atoms with Crippen molar-refractivity contribution in [3.8, 4) is 17.6 Å². The molecule has 0 aliphatic heterocycles. The molecule has 1 saturated carbocycles. The molecule has 172 valence electrons. The van der Waals surface area contributed by atoms with Gasteiger partial charge in [0.25, 0.3) is 11.6 Å². The number of hydrogen-bond acceptors (Lipinski definition) is 6. The molecule has 1 fully saturated rings. The second-order valence-corrected chi connectivity index (χ2v) is 8.10. The molecule has 0 aromatic heterocycles. The van der Waals surface area contributed by atoms with Crippen molar-refractivity contribution in [1.82, 2.24) is 5.32 Å². The fourth-order valence-electron chi connectivity index (χ4n) is 3.93. The van der Waals surface area contributed by atoms with E-state index in [2.05, 4.69) is 12.2 Å². The van der Waals surface area contributed by atoms with Crippen molar-refractivity contribution in [2.75, 3.05) is 7.11 Å². The minimum absolute atomic E-state index is 0.0127. The quantitative estimate of drug-likeness (QED) is 0.268. The second kappa shape index (κ2) is 11.1. The van der Waals surface area contributed by atoms with Gasteiger partial charge in [0.1, 0.15) is 18.2 Å². The van der Waals surface area contributed by atoms with Crippen LogP contribution in [0.2, 0.25) is 0 Å². The lowest BCUT2D eigenvalue weighted by Gasteiger charge is -2.29. The van der Waals surface area contributed by atoms with Crippen LogP contribution in [-0.4, -0.2) is 24.0 Å². The molecule has 2 aromatic carbocycles. The molecule has 1 amide bonds. The summed E-state index contributed by atoms with van der Waals surface area (Å²) in [7, 11) is 1.42. The Labute approximate surface area is 193 Å². The maximum atomic E-state index is 12.7. The fraction of sp³-hybridized carbons (Fsp3) is 0.360. The van der Waals surface area contributed by atoms with Crippen molar-refractivity contribution in [3.63, 3.8) is 0 Å². The van der Waals surface area contributed by atoms with Crippen LogP contribution in [-0.2, 0) is 11.4 Å². The topological polar surface area (TPSA) is 114 Å². The molecule has 33 heavy (non-hydrogen) atoms. The van der Waals surface area contributed by atoms with Gasteiger partial charge in [-0.3, -0.25) is 14.9 Å². The van der Waals surface area contributed by atoms with Crippen LogP contribution >= 0.6 is 0 Å². The Balaban J connectivity index is 1.88. The number of ether oxygens (including phenoxy) is 2. The van der Waals surface area contributed by atoms with Gasteiger partial charge in [-0.05, 0) is 36.5 Å². The minimum atomic E-state index is -0.573. The van der Waals surface area contributed by atoms with Crippen LogP contribution < -0.4 is 14.8 Å². The Morgan fingerprint density at radius 1 is 1.24 bits per heavy atom. The number of nitriles is 1. The van der Waals surface area contributed by atoms with Crippen LogP contribution in [0.3, 0.4) is 0 Å². The van der Waals surface area contributed by atoms with Crippen molar-refractivity contribution in [1.29, 1.82) is 5.26 Å². The maximum absolute atomic E-state index is 12.7. The molecule has 2 aromatic rings. The molecule has 0 unspecified atom stereocenters. The molecule has 1 aliphatic carbocycles. The molecule has 0 bridgehead atoms. The zero-order chi connectivity index (χ0) is 23.8. The van der Waals surface area contributed by atoms with Gasteiger partial charge in [-0.2, -0.15) is 5.26 Å². The van der Waals surface area contributed by atoms with E-state index in [-0.39, 0.29) is 41.0 Å². The normalized spacial score (nSPS) is 18.2. The summed E-state index contributed by atoms with van der Waals surface area (Å²) in [6, 6.07) is 13.9. The van der Waals surface area contributed by atoms with E-state index in [1.165, 1.54) is 25.3 Å². The molecule has 0 spiro atoms. The van der Waals surface area contributed by atoms with E-state index >= 15 is 0 Å². The number of carbonyl (C=O) groups is 1. The van der Waals surface area contributed by atoms with Gasteiger partial charge >= 0.3 is 0 Å². The molecule has 2 atom stereocenters. The lowest BCUT2D eigenvalue weighted by atomic mass is 9.86. The first-order chi connectivity index (χ1) is 15.9. The van der Waals surface area contributed by atoms with E-state index in [1.54, 1.807) is 0 Å². The number of carbonyl (C=O) groups excluding carboxylic acids is 1. The Kier molecular flexibility index (Phi) is 8.03. The third kappa shape index (κ3) is 6.10. The van der Waals surface area contributed by atoms with Gasteiger partial charge in [-0.1, -0.05) is 50.1 Å². The number of benzene rings is 2. The summed E-state index contributed by atoms with van der Waals surface area (Å²) in [5, 5.41) is 24.2. The van der Waals surface area contributed by atoms with E-state index < -0.39 is 10.8 Å². The summed E-state index contributed by atoms with van der Waals surface area (Å²) in [5.74, 6) is 0.248. The third-order valence-electron chi connectivity index (χ3n) is 5.84. The number of hydrogen-bond donors (Lipinski definition) is 1. The smallest absolute Gasteiger partial charge is 0.280 e. The van der Waals surface area contributed by atoms with E-state index in [9.17, 15) is 20.2 Å². The lowest BCUT2D eigenvalue weighted by molar-refractivity contribution is -0.385. The molecular formula is C25H27N3O5. The van der Waals surface area contributed by atoms with Crippen LogP contribution in [0.15, 0.2) is 48.0 Å². The third-order valence-corrected chi connectivity index (χ3v) is 5.84. The Morgan fingerprint density at radius 2 is 1.97 bits per heavy atom. The second-order valence-electron chi connectivity index (χ2n) is 8.10. The lowest BCUT2D eigenvalue weighted by Crippen LogP contribution is -2.41. The first-order valence-electron chi connectivity index (χ1n) is 10.9. The molecular weight excluding hydrogens is 422 g/mol. The average molecular weight is 450 g/mol. The predicted octanol–water partition coefficient (Wildman–Crippen LogP) is 4.78. The van der Waals surface area contributed by atoms with Crippen LogP contribution in [0, 0.1) is 27.4 Å².